The Morgan fingerprint density at radius 1 is 0.765 bits per heavy atom. The predicted molar refractivity (Wildman–Crippen MR) is 131 cm³/mol. The second-order valence-electron chi connectivity index (χ2n) is 7.42. The number of para-hydroxylation sites is 1. The molecular weight excluding hydrogens is 430 g/mol. The second-order valence-corrected chi connectivity index (χ2v) is 7.42. The topological polar surface area (TPSA) is 83.3 Å². The lowest BCUT2D eigenvalue weighted by Gasteiger charge is -2.15. The van der Waals surface area contributed by atoms with Crippen molar-refractivity contribution in [2.75, 3.05) is 26.6 Å². The zero-order valence-corrected chi connectivity index (χ0v) is 19.0. The number of nitrogens with zero attached hydrogens (tertiary/aromatic N) is 4. The number of imidazole rings is 1. The van der Waals surface area contributed by atoms with Gasteiger partial charge >= 0.3 is 0 Å². The number of fused-ring (bicyclic) bond motifs is 1. The molecule has 1 N–H and O–H groups in total. The third-order valence-corrected chi connectivity index (χ3v) is 5.39. The van der Waals surface area contributed by atoms with Gasteiger partial charge in [0.25, 0.3) is 0 Å². The fourth-order valence-electron chi connectivity index (χ4n) is 3.77. The highest BCUT2D eigenvalue weighted by atomic mass is 16.5. The van der Waals surface area contributed by atoms with Crippen LogP contribution in [0, 0.1) is 0 Å². The summed E-state index contributed by atoms with van der Waals surface area (Å²) in [7, 11) is 4.74. The number of rotatable bonds is 7. The summed E-state index contributed by atoms with van der Waals surface area (Å²) < 4.78 is 18.4. The van der Waals surface area contributed by atoms with Gasteiger partial charge in [-0.2, -0.15) is 0 Å². The van der Waals surface area contributed by atoms with Crippen molar-refractivity contribution in [3.05, 3.63) is 79.1 Å². The molecular formula is C26H23N5O3. The summed E-state index contributed by atoms with van der Waals surface area (Å²) in [6.07, 6.45) is 1.75. The minimum Gasteiger partial charge on any atom is -0.493 e. The van der Waals surface area contributed by atoms with Crippen molar-refractivity contribution in [1.29, 1.82) is 0 Å². The molecule has 8 nitrogen and oxygen atoms in total. The number of anilines is 2. The van der Waals surface area contributed by atoms with Crippen LogP contribution >= 0.6 is 0 Å². The molecule has 8 heteroatoms. The molecule has 0 saturated carbocycles. The molecule has 0 unspecified atom stereocenters. The maximum Gasteiger partial charge on any atom is 0.203 e. The zero-order chi connectivity index (χ0) is 23.5. The molecule has 5 aromatic rings. The number of hydrogen-bond acceptors (Lipinski definition) is 7. The van der Waals surface area contributed by atoms with Crippen molar-refractivity contribution in [3.8, 4) is 34.3 Å². The van der Waals surface area contributed by atoms with Gasteiger partial charge in [0.2, 0.25) is 5.75 Å². The van der Waals surface area contributed by atoms with Crippen molar-refractivity contribution >= 4 is 22.7 Å². The lowest BCUT2D eigenvalue weighted by atomic mass is 10.2. The molecule has 0 saturated heterocycles. The van der Waals surface area contributed by atoms with E-state index in [0.29, 0.717) is 45.7 Å². The van der Waals surface area contributed by atoms with E-state index in [1.807, 2.05) is 77.4 Å². The van der Waals surface area contributed by atoms with Gasteiger partial charge in [-0.05, 0) is 12.1 Å². The van der Waals surface area contributed by atoms with Crippen LogP contribution in [0.3, 0.4) is 0 Å². The first-order valence-corrected chi connectivity index (χ1v) is 10.6. The van der Waals surface area contributed by atoms with E-state index in [0.717, 1.165) is 11.3 Å². The van der Waals surface area contributed by atoms with E-state index in [-0.39, 0.29) is 0 Å². The van der Waals surface area contributed by atoms with Crippen molar-refractivity contribution in [1.82, 2.24) is 19.5 Å². The Bertz CT molecular complexity index is 1410. The Hall–Kier alpha value is -4.59. The molecule has 0 spiro atoms. The van der Waals surface area contributed by atoms with Gasteiger partial charge in [-0.25, -0.2) is 15.0 Å². The van der Waals surface area contributed by atoms with Crippen molar-refractivity contribution in [2.24, 2.45) is 0 Å². The van der Waals surface area contributed by atoms with Crippen LogP contribution in [-0.4, -0.2) is 40.8 Å². The average Bonchev–Trinajstić information content (AvgIpc) is 3.33. The summed E-state index contributed by atoms with van der Waals surface area (Å²) in [5, 5.41) is 3.38. The molecule has 34 heavy (non-hydrogen) atoms. The lowest BCUT2D eigenvalue weighted by molar-refractivity contribution is 0.324. The Labute approximate surface area is 196 Å². The van der Waals surface area contributed by atoms with Crippen LogP contribution in [0.25, 0.3) is 28.2 Å². The van der Waals surface area contributed by atoms with Crippen molar-refractivity contribution < 1.29 is 14.2 Å². The maximum absolute atomic E-state index is 5.50. The van der Waals surface area contributed by atoms with Crippen LogP contribution in [0.1, 0.15) is 0 Å². The summed E-state index contributed by atoms with van der Waals surface area (Å²) in [6, 6.07) is 23.5. The highest BCUT2D eigenvalue weighted by Crippen LogP contribution is 2.41. The number of ether oxygens (including phenoxy) is 3. The zero-order valence-electron chi connectivity index (χ0n) is 19.0. The molecule has 170 valence electrons. The summed E-state index contributed by atoms with van der Waals surface area (Å²) in [6.45, 7) is 0. The predicted octanol–water partition coefficient (Wildman–Crippen LogP) is 5.25. The molecule has 0 aliphatic carbocycles. The second kappa shape index (κ2) is 9.11. The quantitative estimate of drug-likeness (QED) is 0.360. The summed E-state index contributed by atoms with van der Waals surface area (Å²) in [5.74, 6) is 2.73. The monoisotopic (exact) mass is 453 g/mol. The number of nitrogens with one attached hydrogen (secondary N) is 1. The standard InChI is InChI=1S/C26H23N5O3/c1-32-20-14-18(15-21(33-2)23(20)34-3)28-25-22-26(30-24(29-25)17-10-6-4-7-11-17)31(16-27-22)19-12-8-5-9-13-19/h4-16H,1-3H3,(H,28,29,30). The number of methoxy groups -OCH3 is 3. The van der Waals surface area contributed by atoms with E-state index < -0.39 is 0 Å². The van der Waals surface area contributed by atoms with E-state index in [1.165, 1.54) is 0 Å². The van der Waals surface area contributed by atoms with Crippen molar-refractivity contribution in [3.63, 3.8) is 0 Å². The van der Waals surface area contributed by atoms with E-state index in [2.05, 4.69) is 10.3 Å². The number of aromatic nitrogens is 4. The third-order valence-electron chi connectivity index (χ3n) is 5.39. The summed E-state index contributed by atoms with van der Waals surface area (Å²) >= 11 is 0. The molecule has 0 bridgehead atoms. The Balaban J connectivity index is 1.68. The molecule has 0 radical (unpaired) electrons. The fourth-order valence-corrected chi connectivity index (χ4v) is 3.77. The molecule has 0 aliphatic heterocycles. The van der Waals surface area contributed by atoms with E-state index in [4.69, 9.17) is 24.2 Å². The first-order chi connectivity index (χ1) is 16.7. The normalized spacial score (nSPS) is 10.8. The van der Waals surface area contributed by atoms with Gasteiger partial charge in [-0.15, -0.1) is 0 Å². The van der Waals surface area contributed by atoms with Crippen LogP contribution in [0.2, 0.25) is 0 Å². The first-order valence-electron chi connectivity index (χ1n) is 10.6. The largest absolute Gasteiger partial charge is 0.493 e. The number of benzene rings is 3. The van der Waals surface area contributed by atoms with E-state index >= 15 is 0 Å². The molecule has 2 aromatic heterocycles. The summed E-state index contributed by atoms with van der Waals surface area (Å²) in [5.41, 5.74) is 3.90. The molecule has 0 fully saturated rings. The minimum atomic E-state index is 0.515. The molecule has 2 heterocycles. The Morgan fingerprint density at radius 2 is 1.41 bits per heavy atom. The van der Waals surface area contributed by atoms with Crippen molar-refractivity contribution in [2.45, 2.75) is 0 Å². The molecule has 0 amide bonds. The highest BCUT2D eigenvalue weighted by Gasteiger charge is 2.18. The third kappa shape index (κ3) is 3.86. The SMILES string of the molecule is COc1cc(Nc2nc(-c3ccccc3)nc3c2ncn3-c2ccccc2)cc(OC)c1OC. The molecule has 0 aliphatic rings. The first kappa shape index (κ1) is 21.3. The fraction of sp³-hybridized carbons (Fsp3) is 0.115. The maximum atomic E-state index is 5.50. The van der Waals surface area contributed by atoms with Crippen LogP contribution in [0.15, 0.2) is 79.1 Å². The smallest absolute Gasteiger partial charge is 0.203 e. The lowest BCUT2D eigenvalue weighted by Crippen LogP contribution is -2.02. The Kier molecular flexibility index (Phi) is 5.70. The average molecular weight is 454 g/mol. The minimum absolute atomic E-state index is 0.515. The van der Waals surface area contributed by atoms with Gasteiger partial charge in [0.05, 0.1) is 21.3 Å². The Morgan fingerprint density at radius 3 is 2.03 bits per heavy atom. The molecule has 3 aromatic carbocycles. The van der Waals surface area contributed by atoms with Crippen LogP contribution < -0.4 is 19.5 Å². The van der Waals surface area contributed by atoms with Gasteiger partial charge in [-0.3, -0.25) is 4.57 Å². The van der Waals surface area contributed by atoms with Crippen LogP contribution in [-0.2, 0) is 0 Å². The molecule has 0 atom stereocenters. The van der Waals surface area contributed by atoms with Crippen LogP contribution in [0.4, 0.5) is 11.5 Å². The summed E-state index contributed by atoms with van der Waals surface area (Å²) in [4.78, 5) is 14.3. The van der Waals surface area contributed by atoms with Gasteiger partial charge in [0.1, 0.15) is 6.33 Å². The molecule has 5 rings (SSSR count). The van der Waals surface area contributed by atoms with Gasteiger partial charge < -0.3 is 19.5 Å². The van der Waals surface area contributed by atoms with E-state index in [9.17, 15) is 0 Å². The van der Waals surface area contributed by atoms with Crippen LogP contribution in [0.5, 0.6) is 17.2 Å². The van der Waals surface area contributed by atoms with Gasteiger partial charge in [0.15, 0.2) is 34.3 Å². The van der Waals surface area contributed by atoms with Gasteiger partial charge in [-0.1, -0.05) is 48.5 Å². The van der Waals surface area contributed by atoms with E-state index in [1.54, 1.807) is 27.7 Å². The highest BCUT2D eigenvalue weighted by molar-refractivity contribution is 5.88. The number of hydrogen-bond donors (Lipinski definition) is 1. The van der Waals surface area contributed by atoms with Gasteiger partial charge in [0, 0.05) is 29.1 Å².